The molecule has 0 saturated heterocycles. The highest BCUT2D eigenvalue weighted by Gasteiger charge is 2.18. The molecule has 1 saturated carbocycles. The summed E-state index contributed by atoms with van der Waals surface area (Å²) in [5.74, 6) is 0.608. The molecular weight excluding hydrogens is 266 g/mol. The molecule has 1 N–H and O–H groups in total. The van der Waals surface area contributed by atoms with Crippen LogP contribution in [0.25, 0.3) is 11.3 Å². The SMILES string of the molecule is Cc1sc(N/N=C2\CCCC2C)nc1-c1ccccc1. The maximum atomic E-state index is 4.67. The summed E-state index contributed by atoms with van der Waals surface area (Å²) >= 11 is 1.66. The van der Waals surface area contributed by atoms with Gasteiger partial charge < -0.3 is 0 Å². The zero-order valence-corrected chi connectivity index (χ0v) is 12.7. The van der Waals surface area contributed by atoms with Crippen LogP contribution in [0.3, 0.4) is 0 Å². The molecule has 0 radical (unpaired) electrons. The van der Waals surface area contributed by atoms with E-state index in [0.717, 1.165) is 22.8 Å². The van der Waals surface area contributed by atoms with Gasteiger partial charge in [-0.2, -0.15) is 5.10 Å². The Bertz CT molecular complexity index is 616. The summed E-state index contributed by atoms with van der Waals surface area (Å²) in [6.07, 6.45) is 3.63. The summed E-state index contributed by atoms with van der Waals surface area (Å²) < 4.78 is 0. The fraction of sp³-hybridized carbons (Fsp3) is 0.375. The molecule has 0 amide bonds. The van der Waals surface area contributed by atoms with Crippen LogP contribution < -0.4 is 5.43 Å². The molecule has 0 bridgehead atoms. The smallest absolute Gasteiger partial charge is 0.204 e. The van der Waals surface area contributed by atoms with Crippen LogP contribution in [0.1, 0.15) is 31.1 Å². The van der Waals surface area contributed by atoms with Crippen LogP contribution in [0.5, 0.6) is 0 Å². The molecule has 104 valence electrons. The van der Waals surface area contributed by atoms with Crippen LogP contribution in [-0.2, 0) is 0 Å². The highest BCUT2D eigenvalue weighted by molar-refractivity contribution is 7.15. The quantitative estimate of drug-likeness (QED) is 0.829. The number of benzene rings is 1. The van der Waals surface area contributed by atoms with E-state index in [0.29, 0.717) is 5.92 Å². The van der Waals surface area contributed by atoms with Gasteiger partial charge in [0.15, 0.2) is 0 Å². The predicted molar refractivity (Wildman–Crippen MR) is 86.4 cm³/mol. The van der Waals surface area contributed by atoms with Gasteiger partial charge in [-0.1, -0.05) is 37.3 Å². The highest BCUT2D eigenvalue weighted by Crippen LogP contribution is 2.30. The minimum absolute atomic E-state index is 0.608. The second-order valence-corrected chi connectivity index (χ2v) is 6.50. The Morgan fingerprint density at radius 2 is 2.10 bits per heavy atom. The van der Waals surface area contributed by atoms with E-state index in [-0.39, 0.29) is 0 Å². The van der Waals surface area contributed by atoms with Gasteiger partial charge in [0, 0.05) is 16.2 Å². The molecule has 1 heterocycles. The van der Waals surface area contributed by atoms with Crippen molar-refractivity contribution < 1.29 is 0 Å². The molecule has 1 aromatic carbocycles. The van der Waals surface area contributed by atoms with Crippen LogP contribution in [0.15, 0.2) is 35.4 Å². The molecule has 0 spiro atoms. The molecule has 1 fully saturated rings. The molecule has 1 unspecified atom stereocenters. The Morgan fingerprint density at radius 3 is 2.80 bits per heavy atom. The lowest BCUT2D eigenvalue weighted by molar-refractivity contribution is 0.727. The lowest BCUT2D eigenvalue weighted by atomic mass is 10.1. The first-order valence-corrected chi connectivity index (χ1v) is 7.91. The van der Waals surface area contributed by atoms with E-state index in [4.69, 9.17) is 0 Å². The molecular formula is C16H19N3S. The van der Waals surface area contributed by atoms with E-state index >= 15 is 0 Å². The van der Waals surface area contributed by atoms with E-state index in [2.05, 4.69) is 41.5 Å². The number of thiazole rings is 1. The van der Waals surface area contributed by atoms with Crippen molar-refractivity contribution in [3.05, 3.63) is 35.2 Å². The fourth-order valence-electron chi connectivity index (χ4n) is 2.60. The molecule has 1 aliphatic rings. The van der Waals surface area contributed by atoms with Gasteiger partial charge in [-0.05, 0) is 32.1 Å². The van der Waals surface area contributed by atoms with Crippen molar-refractivity contribution in [2.45, 2.75) is 33.1 Å². The Balaban J connectivity index is 1.79. The Labute approximate surface area is 123 Å². The van der Waals surface area contributed by atoms with Gasteiger partial charge in [0.2, 0.25) is 5.13 Å². The van der Waals surface area contributed by atoms with Crippen molar-refractivity contribution in [2.75, 3.05) is 5.43 Å². The second kappa shape index (κ2) is 5.75. The minimum atomic E-state index is 0.608. The standard InChI is InChI=1S/C16H19N3S/c1-11-7-6-10-14(11)18-19-16-17-15(12(2)20-16)13-8-4-3-5-9-13/h3-5,8-9,11H,6-7,10H2,1-2H3,(H,17,19)/b18-14+. The zero-order valence-electron chi connectivity index (χ0n) is 11.9. The van der Waals surface area contributed by atoms with Crippen LogP contribution in [0.4, 0.5) is 5.13 Å². The van der Waals surface area contributed by atoms with Gasteiger partial charge in [-0.3, -0.25) is 5.43 Å². The highest BCUT2D eigenvalue weighted by atomic mass is 32.1. The van der Waals surface area contributed by atoms with Crippen molar-refractivity contribution >= 4 is 22.2 Å². The lowest BCUT2D eigenvalue weighted by Gasteiger charge is -2.02. The zero-order chi connectivity index (χ0) is 13.9. The summed E-state index contributed by atoms with van der Waals surface area (Å²) in [5.41, 5.74) is 6.64. The maximum absolute atomic E-state index is 4.67. The van der Waals surface area contributed by atoms with Crippen molar-refractivity contribution in [1.82, 2.24) is 4.98 Å². The molecule has 0 aliphatic heterocycles. The van der Waals surface area contributed by atoms with E-state index in [1.165, 1.54) is 23.4 Å². The van der Waals surface area contributed by atoms with Crippen molar-refractivity contribution in [2.24, 2.45) is 11.0 Å². The summed E-state index contributed by atoms with van der Waals surface area (Å²) in [7, 11) is 0. The molecule has 2 aromatic rings. The van der Waals surface area contributed by atoms with E-state index in [9.17, 15) is 0 Å². The predicted octanol–water partition coefficient (Wildman–Crippen LogP) is 4.71. The number of rotatable bonds is 3. The molecule has 1 aliphatic carbocycles. The lowest BCUT2D eigenvalue weighted by Crippen LogP contribution is -2.04. The maximum Gasteiger partial charge on any atom is 0.204 e. The average molecular weight is 285 g/mol. The number of hydrazone groups is 1. The minimum Gasteiger partial charge on any atom is -0.253 e. The van der Waals surface area contributed by atoms with Crippen LogP contribution in [-0.4, -0.2) is 10.7 Å². The largest absolute Gasteiger partial charge is 0.253 e. The van der Waals surface area contributed by atoms with Crippen molar-refractivity contribution in [3.8, 4) is 11.3 Å². The van der Waals surface area contributed by atoms with Crippen molar-refractivity contribution in [3.63, 3.8) is 0 Å². The molecule has 1 aromatic heterocycles. The molecule has 3 rings (SSSR count). The molecule has 4 heteroatoms. The number of hydrogen-bond donors (Lipinski definition) is 1. The first kappa shape index (κ1) is 13.3. The average Bonchev–Trinajstić information content (AvgIpc) is 3.03. The first-order valence-electron chi connectivity index (χ1n) is 7.09. The summed E-state index contributed by atoms with van der Waals surface area (Å²) in [6.45, 7) is 4.35. The first-order chi connectivity index (χ1) is 9.74. The van der Waals surface area contributed by atoms with Gasteiger partial charge in [0.25, 0.3) is 0 Å². The number of anilines is 1. The Morgan fingerprint density at radius 1 is 1.30 bits per heavy atom. The van der Waals surface area contributed by atoms with Crippen LogP contribution in [0, 0.1) is 12.8 Å². The topological polar surface area (TPSA) is 37.3 Å². The number of aromatic nitrogens is 1. The number of aryl methyl sites for hydroxylation is 1. The monoisotopic (exact) mass is 285 g/mol. The van der Waals surface area contributed by atoms with Crippen molar-refractivity contribution in [1.29, 1.82) is 0 Å². The van der Waals surface area contributed by atoms with Gasteiger partial charge >= 0.3 is 0 Å². The van der Waals surface area contributed by atoms with Gasteiger partial charge in [-0.15, -0.1) is 11.3 Å². The number of nitrogens with one attached hydrogen (secondary N) is 1. The molecule has 1 atom stereocenters. The van der Waals surface area contributed by atoms with Crippen LogP contribution >= 0.6 is 11.3 Å². The normalized spacial score (nSPS) is 20.5. The van der Waals surface area contributed by atoms with Crippen LogP contribution in [0.2, 0.25) is 0 Å². The Kier molecular flexibility index (Phi) is 3.83. The number of nitrogens with zero attached hydrogens (tertiary/aromatic N) is 2. The molecule has 20 heavy (non-hydrogen) atoms. The Hall–Kier alpha value is -1.68. The third-order valence-corrected chi connectivity index (χ3v) is 4.65. The van der Waals surface area contributed by atoms with Gasteiger partial charge in [-0.25, -0.2) is 4.98 Å². The van der Waals surface area contributed by atoms with Gasteiger partial charge in [0.05, 0.1) is 5.69 Å². The summed E-state index contributed by atoms with van der Waals surface area (Å²) in [5, 5.41) is 5.42. The fourth-order valence-corrected chi connectivity index (χ4v) is 3.37. The summed E-state index contributed by atoms with van der Waals surface area (Å²) in [6, 6.07) is 10.3. The van der Waals surface area contributed by atoms with E-state index < -0.39 is 0 Å². The van der Waals surface area contributed by atoms with E-state index in [1.54, 1.807) is 11.3 Å². The van der Waals surface area contributed by atoms with Gasteiger partial charge in [0.1, 0.15) is 0 Å². The van der Waals surface area contributed by atoms with E-state index in [1.807, 2.05) is 18.2 Å². The molecule has 3 nitrogen and oxygen atoms in total. The second-order valence-electron chi connectivity index (χ2n) is 5.30. The number of hydrogen-bond acceptors (Lipinski definition) is 4. The summed E-state index contributed by atoms with van der Waals surface area (Å²) in [4.78, 5) is 5.89. The third kappa shape index (κ3) is 2.75. The third-order valence-electron chi connectivity index (χ3n) is 3.78.